The van der Waals surface area contributed by atoms with Crippen LogP contribution in [-0.2, 0) is 57.2 Å². The largest absolute Gasteiger partial charge is 1.00 e. The Morgan fingerprint density at radius 3 is 0.963 bits per heavy atom. The topological polar surface area (TPSA) is 198 Å². The van der Waals surface area contributed by atoms with E-state index in [1.165, 1.54) is 39.5 Å². The van der Waals surface area contributed by atoms with Gasteiger partial charge in [0.15, 0.2) is 13.1 Å². The average molecular weight is 1190 g/mol. The first-order valence-corrected chi connectivity index (χ1v) is 31.3. The molecule has 0 radical (unpaired) electrons. The van der Waals surface area contributed by atoms with E-state index in [9.17, 15) is 39.0 Å². The van der Waals surface area contributed by atoms with Crippen LogP contribution in [0.4, 0.5) is 0 Å². The molecule has 0 aromatic carbocycles. The Bertz CT molecular complexity index is 1450. The third kappa shape index (κ3) is 50.9. The quantitative estimate of drug-likeness (QED) is 0.0225. The first-order chi connectivity index (χ1) is 37.2. The van der Waals surface area contributed by atoms with Gasteiger partial charge in [0.05, 0.1) is 40.4 Å². The maximum atomic E-state index is 12.9. The van der Waals surface area contributed by atoms with Crippen LogP contribution < -0.4 is 24.8 Å². The second-order valence-corrected chi connectivity index (χ2v) is 23.6. The molecule has 4 atom stereocenters. The Morgan fingerprint density at radius 2 is 0.637 bits per heavy atom. The van der Waals surface area contributed by atoms with E-state index in [-0.39, 0.29) is 86.9 Å². The molecule has 0 spiro atoms. The number of unbranched alkanes of at least 4 members (excludes halogenated alkanes) is 24. The monoisotopic (exact) mass is 1180 g/mol. The van der Waals surface area contributed by atoms with Crippen molar-refractivity contribution in [2.24, 2.45) is 0 Å². The highest BCUT2D eigenvalue weighted by molar-refractivity contribution is 5.72. The Morgan fingerprint density at radius 1 is 0.362 bits per heavy atom. The molecule has 4 unspecified atom stereocenters. The number of carbonyl (C=O) groups excluding carboxylic acids is 6. The fourth-order valence-corrected chi connectivity index (χ4v) is 9.55. The summed E-state index contributed by atoms with van der Waals surface area (Å²) in [6.45, 7) is 10.9. The lowest BCUT2D eigenvalue weighted by atomic mass is 10.00. The molecule has 18 heteroatoms. The van der Waals surface area contributed by atoms with E-state index >= 15 is 0 Å². The number of aliphatic hydroxyl groups excluding tert-OH is 2. The van der Waals surface area contributed by atoms with Crippen LogP contribution in [0.1, 0.15) is 266 Å². The van der Waals surface area contributed by atoms with Gasteiger partial charge in [0, 0.05) is 33.1 Å². The van der Waals surface area contributed by atoms with Gasteiger partial charge in [0.25, 0.3) is 0 Å². The third-order valence-electron chi connectivity index (χ3n) is 14.6. The van der Waals surface area contributed by atoms with Crippen LogP contribution >= 0.6 is 0 Å². The lowest BCUT2D eigenvalue weighted by Gasteiger charge is -2.30. The van der Waals surface area contributed by atoms with E-state index in [1.54, 1.807) is 0 Å². The van der Waals surface area contributed by atoms with Gasteiger partial charge in [-0.25, -0.2) is 9.59 Å². The number of hydrogen-bond acceptors (Lipinski definition) is 14. The number of likely N-dealkylation sites (N-methyl/N-ethyl adjacent to an activating group) is 2. The summed E-state index contributed by atoms with van der Waals surface area (Å²) in [4.78, 5) is 74.0. The Hall–Kier alpha value is -2.76. The van der Waals surface area contributed by atoms with Crippen molar-refractivity contribution in [1.82, 2.24) is 0 Å². The number of ether oxygens (including phenoxy) is 6. The Balaban J connectivity index is -0.0000296. The summed E-state index contributed by atoms with van der Waals surface area (Å²) >= 11 is 0. The number of carbonyl (C=O) groups is 6. The number of rotatable bonds is 54. The molecule has 0 aromatic rings. The second kappa shape index (κ2) is 53.0. The summed E-state index contributed by atoms with van der Waals surface area (Å²) in [6, 6.07) is 0. The van der Waals surface area contributed by atoms with Gasteiger partial charge < -0.3 is 72.4 Å². The third-order valence-corrected chi connectivity index (χ3v) is 14.6. The molecule has 0 aliphatic carbocycles. The van der Waals surface area contributed by atoms with Crippen LogP contribution in [0.25, 0.3) is 0 Å². The highest BCUT2D eigenvalue weighted by atomic mass is 35.5. The minimum absolute atomic E-state index is 0. The Labute approximate surface area is 498 Å². The number of hydrogen-bond donors (Lipinski definition) is 2. The predicted octanol–water partition coefficient (Wildman–Crippen LogP) is 6.33. The molecule has 0 heterocycles. The maximum absolute atomic E-state index is 12.9. The molecule has 0 fully saturated rings. The molecule has 474 valence electrons. The van der Waals surface area contributed by atoms with E-state index in [4.69, 9.17) is 28.4 Å². The van der Waals surface area contributed by atoms with Crippen molar-refractivity contribution < 1.29 is 101 Å². The lowest BCUT2D eigenvalue weighted by Crippen LogP contribution is -3.00. The molecule has 80 heavy (non-hydrogen) atoms. The van der Waals surface area contributed by atoms with Crippen LogP contribution in [0.2, 0.25) is 0 Å². The van der Waals surface area contributed by atoms with Gasteiger partial charge in [0.2, 0.25) is 6.29 Å². The average Bonchev–Trinajstić information content (AvgIpc) is 3.35. The second-order valence-electron chi connectivity index (χ2n) is 23.6. The molecule has 0 saturated carbocycles. The zero-order chi connectivity index (χ0) is 58.3. The summed E-state index contributed by atoms with van der Waals surface area (Å²) in [7, 11) is 7.56. The standard InChI is InChI=1S/C62H118N2O14.2ClH/c1-10-13-16-17-22-31-38-45-62(77-58(69)43-36-29-25-20-18-23-27-34-39-54(67)56(41-32-14-11-2)75-60(71)50-63(6,7)46-48-73-52(4)65)78-59(70)44-37-30-26-21-19-24-28-35-40-55(68)57(42-33-15-12-3)76-61(72)51-64(8,9)47-49-74-53(5)66;;/h54-57,62,67-68H,10-51H2,1-9H3;2*1H/q+2;;/p-2. The zero-order valence-electron chi connectivity index (χ0n) is 52.0. The van der Waals surface area contributed by atoms with Crippen molar-refractivity contribution in [1.29, 1.82) is 0 Å². The van der Waals surface area contributed by atoms with Crippen molar-refractivity contribution in [3.63, 3.8) is 0 Å². The number of quaternary nitrogens is 2. The van der Waals surface area contributed by atoms with Crippen LogP contribution in [-0.4, -0.2) is 153 Å². The van der Waals surface area contributed by atoms with Crippen molar-refractivity contribution >= 4 is 35.8 Å². The SMILES string of the molecule is CCCCCCCCCC(OC(=O)CCCCCCCCCCC(O)C(CCCCC)OC(=O)C[N+](C)(C)CCOC(C)=O)OC(=O)CCCCCCCCCCC(O)C(CCCCC)OC(=O)C[N+](C)(C)CCOC(C)=O.[Cl-].[Cl-]. The molecule has 0 saturated heterocycles. The molecular formula is C62H118Cl2N2O14. The normalized spacial score (nSPS) is 13.4. The van der Waals surface area contributed by atoms with E-state index in [1.807, 2.05) is 28.2 Å². The zero-order valence-corrected chi connectivity index (χ0v) is 53.5. The van der Waals surface area contributed by atoms with Crippen molar-refractivity contribution in [3.8, 4) is 0 Å². The van der Waals surface area contributed by atoms with Gasteiger partial charge >= 0.3 is 35.8 Å². The lowest BCUT2D eigenvalue weighted by molar-refractivity contribution is -0.883. The van der Waals surface area contributed by atoms with Crippen LogP contribution in [0, 0.1) is 0 Å². The Kier molecular flexibility index (Phi) is 54.0. The molecule has 0 aliphatic rings. The molecule has 0 amide bonds. The molecule has 2 N–H and O–H groups in total. The van der Waals surface area contributed by atoms with E-state index < -0.39 is 30.7 Å². The predicted molar refractivity (Wildman–Crippen MR) is 308 cm³/mol. The first-order valence-electron chi connectivity index (χ1n) is 31.3. The van der Waals surface area contributed by atoms with Crippen molar-refractivity contribution in [2.45, 2.75) is 296 Å². The van der Waals surface area contributed by atoms with Gasteiger partial charge in [-0.15, -0.1) is 0 Å². The maximum Gasteiger partial charge on any atom is 0.362 e. The van der Waals surface area contributed by atoms with E-state index in [0.29, 0.717) is 67.0 Å². The molecule has 0 rings (SSSR count). The number of esters is 6. The van der Waals surface area contributed by atoms with Gasteiger partial charge in [-0.2, -0.15) is 0 Å². The molecule has 16 nitrogen and oxygen atoms in total. The minimum Gasteiger partial charge on any atom is -1.00 e. The van der Waals surface area contributed by atoms with E-state index in [2.05, 4.69) is 20.8 Å². The summed E-state index contributed by atoms with van der Waals surface area (Å²) in [5.41, 5.74) is 0. The van der Waals surface area contributed by atoms with Crippen LogP contribution in [0.15, 0.2) is 0 Å². The highest BCUT2D eigenvalue weighted by Crippen LogP contribution is 2.21. The molecule has 0 aliphatic heterocycles. The van der Waals surface area contributed by atoms with E-state index in [0.717, 1.165) is 161 Å². The summed E-state index contributed by atoms with van der Waals surface area (Å²) in [5, 5.41) is 22.1. The van der Waals surface area contributed by atoms with Crippen molar-refractivity contribution in [3.05, 3.63) is 0 Å². The highest BCUT2D eigenvalue weighted by Gasteiger charge is 2.29. The van der Waals surface area contributed by atoms with Gasteiger partial charge in [-0.1, -0.05) is 175 Å². The minimum atomic E-state index is -0.845. The van der Waals surface area contributed by atoms with Gasteiger partial charge in [0.1, 0.15) is 38.5 Å². The molecule has 0 aromatic heterocycles. The summed E-state index contributed by atoms with van der Waals surface area (Å²) < 4.78 is 33.9. The van der Waals surface area contributed by atoms with Crippen LogP contribution in [0.3, 0.4) is 0 Å². The number of halogens is 2. The fraction of sp³-hybridized carbons (Fsp3) is 0.903. The van der Waals surface area contributed by atoms with Crippen LogP contribution in [0.5, 0.6) is 0 Å². The number of nitrogens with zero attached hydrogens (tertiary/aromatic N) is 2. The number of aliphatic hydroxyl groups is 2. The summed E-state index contributed by atoms with van der Waals surface area (Å²) in [6.07, 6.45) is 29.3. The first kappa shape index (κ1) is 81.5. The smallest absolute Gasteiger partial charge is 0.362 e. The molecular weight excluding hydrogens is 1070 g/mol. The van der Waals surface area contributed by atoms with Crippen molar-refractivity contribution in [2.75, 3.05) is 67.6 Å². The van der Waals surface area contributed by atoms with Gasteiger partial charge in [-0.05, 0) is 57.8 Å². The molecule has 0 bridgehead atoms. The fourth-order valence-electron chi connectivity index (χ4n) is 9.55. The van der Waals surface area contributed by atoms with Gasteiger partial charge in [-0.3, -0.25) is 19.2 Å². The summed E-state index contributed by atoms with van der Waals surface area (Å²) in [5.74, 6) is -2.04.